The van der Waals surface area contributed by atoms with E-state index in [-0.39, 0.29) is 5.56 Å². The molecule has 19 heavy (non-hydrogen) atoms. The Morgan fingerprint density at radius 2 is 1.53 bits per heavy atom. The highest BCUT2D eigenvalue weighted by molar-refractivity contribution is 6.48. The molecule has 0 aliphatic carbocycles. The van der Waals surface area contributed by atoms with Crippen LogP contribution in [0.2, 0.25) is 0 Å². The molecule has 0 amide bonds. The molecule has 2 aromatic carbocycles. The van der Waals surface area contributed by atoms with E-state index in [4.69, 9.17) is 0 Å². The highest BCUT2D eigenvalue weighted by Gasteiger charge is 2.12. The Balaban J connectivity index is 2.10. The number of hydrogen-bond acceptors (Lipinski definition) is 2. The van der Waals surface area contributed by atoms with Gasteiger partial charge in [-0.15, -0.1) is 0 Å². The molecule has 0 saturated carbocycles. The molecule has 0 N–H and O–H groups in total. The van der Waals surface area contributed by atoms with Crippen molar-refractivity contribution >= 4 is 17.6 Å². The second-order valence-corrected chi connectivity index (χ2v) is 3.94. The summed E-state index contributed by atoms with van der Waals surface area (Å²) in [6.45, 7) is 0. The molecule has 0 saturated heterocycles. The van der Waals surface area contributed by atoms with E-state index in [0.29, 0.717) is 0 Å². The van der Waals surface area contributed by atoms with Crippen LogP contribution in [-0.4, -0.2) is 11.6 Å². The molecule has 0 bridgehead atoms. The lowest BCUT2D eigenvalue weighted by molar-refractivity contribution is -0.110. The van der Waals surface area contributed by atoms with Gasteiger partial charge < -0.3 is 0 Å². The van der Waals surface area contributed by atoms with Crippen molar-refractivity contribution in [2.45, 2.75) is 0 Å². The fourth-order valence-electron chi connectivity index (χ4n) is 1.56. The van der Waals surface area contributed by atoms with Crippen LogP contribution in [0.25, 0.3) is 6.08 Å². The third kappa shape index (κ3) is 3.45. The standard InChI is InChI=1S/C16H11FO2/c17-14-9-7-13(8-10-14)16(19)15(18)11-6-12-4-2-1-3-5-12/h1-11H. The molecule has 0 spiro atoms. The van der Waals surface area contributed by atoms with Gasteiger partial charge in [-0.3, -0.25) is 9.59 Å². The minimum Gasteiger partial charge on any atom is -0.286 e. The van der Waals surface area contributed by atoms with Crippen molar-refractivity contribution in [3.05, 3.63) is 77.6 Å². The molecule has 0 unspecified atom stereocenters. The molecule has 2 aromatic rings. The topological polar surface area (TPSA) is 34.1 Å². The summed E-state index contributed by atoms with van der Waals surface area (Å²) in [6, 6.07) is 14.1. The first-order chi connectivity index (χ1) is 9.16. The van der Waals surface area contributed by atoms with Gasteiger partial charge in [0.15, 0.2) is 0 Å². The molecular weight excluding hydrogens is 243 g/mol. The average molecular weight is 254 g/mol. The van der Waals surface area contributed by atoms with Crippen molar-refractivity contribution in [3.63, 3.8) is 0 Å². The van der Waals surface area contributed by atoms with E-state index in [1.807, 2.05) is 30.3 Å². The predicted molar refractivity (Wildman–Crippen MR) is 71.2 cm³/mol. The minimum absolute atomic E-state index is 0.184. The summed E-state index contributed by atoms with van der Waals surface area (Å²) in [6.07, 6.45) is 2.80. The molecule has 0 fully saturated rings. The van der Waals surface area contributed by atoms with Gasteiger partial charge in [0.05, 0.1) is 0 Å². The number of carbonyl (C=O) groups is 2. The Labute approximate surface area is 110 Å². The van der Waals surface area contributed by atoms with Gasteiger partial charge in [-0.1, -0.05) is 36.4 Å². The van der Waals surface area contributed by atoms with E-state index >= 15 is 0 Å². The number of halogens is 1. The monoisotopic (exact) mass is 254 g/mol. The zero-order valence-electron chi connectivity index (χ0n) is 10.0. The summed E-state index contributed by atoms with van der Waals surface area (Å²) < 4.78 is 12.7. The smallest absolute Gasteiger partial charge is 0.232 e. The van der Waals surface area contributed by atoms with Crippen molar-refractivity contribution in [2.24, 2.45) is 0 Å². The molecule has 0 aromatic heterocycles. The molecule has 3 heteroatoms. The number of ketones is 2. The SMILES string of the molecule is O=C(C=Cc1ccccc1)C(=O)c1ccc(F)cc1. The quantitative estimate of drug-likeness (QED) is 0.476. The highest BCUT2D eigenvalue weighted by atomic mass is 19.1. The second-order valence-electron chi connectivity index (χ2n) is 3.94. The van der Waals surface area contributed by atoms with E-state index in [0.717, 1.165) is 17.7 Å². The normalized spacial score (nSPS) is 10.6. The van der Waals surface area contributed by atoms with Crippen LogP contribution in [0.15, 0.2) is 60.7 Å². The van der Waals surface area contributed by atoms with Gasteiger partial charge in [-0.25, -0.2) is 4.39 Å². The molecule has 2 rings (SSSR count). The molecule has 0 radical (unpaired) electrons. The predicted octanol–water partition coefficient (Wildman–Crippen LogP) is 3.29. The molecule has 2 nitrogen and oxygen atoms in total. The maximum absolute atomic E-state index is 12.7. The van der Waals surface area contributed by atoms with Crippen LogP contribution in [0.1, 0.15) is 15.9 Å². The van der Waals surface area contributed by atoms with E-state index < -0.39 is 17.4 Å². The van der Waals surface area contributed by atoms with E-state index in [2.05, 4.69) is 0 Å². The lowest BCUT2D eigenvalue weighted by Crippen LogP contribution is -2.11. The number of Topliss-reactive ketones (excluding diaryl/α,β-unsaturated/α-hetero) is 1. The average Bonchev–Trinajstić information content (AvgIpc) is 2.46. The van der Waals surface area contributed by atoms with Crippen molar-refractivity contribution in [2.75, 3.05) is 0 Å². The zero-order valence-corrected chi connectivity index (χ0v) is 10.0. The number of hydrogen-bond donors (Lipinski definition) is 0. The van der Waals surface area contributed by atoms with Crippen LogP contribution in [0.3, 0.4) is 0 Å². The highest BCUT2D eigenvalue weighted by Crippen LogP contribution is 2.06. The van der Waals surface area contributed by atoms with Crippen LogP contribution < -0.4 is 0 Å². The van der Waals surface area contributed by atoms with Gasteiger partial charge in [0, 0.05) is 5.56 Å². The van der Waals surface area contributed by atoms with E-state index in [9.17, 15) is 14.0 Å². The maximum atomic E-state index is 12.7. The van der Waals surface area contributed by atoms with E-state index in [1.54, 1.807) is 6.08 Å². The number of carbonyl (C=O) groups excluding carboxylic acids is 2. The van der Waals surface area contributed by atoms with Crippen molar-refractivity contribution in [1.82, 2.24) is 0 Å². The van der Waals surface area contributed by atoms with Crippen molar-refractivity contribution in [3.8, 4) is 0 Å². The Hall–Kier alpha value is -2.55. The molecular formula is C16H11FO2. The third-order valence-electron chi connectivity index (χ3n) is 2.56. The number of allylic oxidation sites excluding steroid dienone is 1. The second kappa shape index (κ2) is 5.87. The van der Waals surface area contributed by atoms with Gasteiger partial charge in [0.1, 0.15) is 5.82 Å². The summed E-state index contributed by atoms with van der Waals surface area (Å²) in [5.41, 5.74) is 1.02. The fraction of sp³-hybridized carbons (Fsp3) is 0. The minimum atomic E-state index is -0.646. The van der Waals surface area contributed by atoms with Crippen LogP contribution in [0.5, 0.6) is 0 Å². The molecule has 0 aliphatic rings. The Bertz CT molecular complexity index is 613. The maximum Gasteiger partial charge on any atom is 0.232 e. The van der Waals surface area contributed by atoms with Crippen LogP contribution in [0.4, 0.5) is 4.39 Å². The van der Waals surface area contributed by atoms with E-state index in [1.165, 1.54) is 18.2 Å². The number of benzene rings is 2. The summed E-state index contributed by atoms with van der Waals surface area (Å²) >= 11 is 0. The van der Waals surface area contributed by atoms with Gasteiger partial charge in [0.25, 0.3) is 0 Å². The Morgan fingerprint density at radius 3 is 2.16 bits per heavy atom. The van der Waals surface area contributed by atoms with Crippen molar-refractivity contribution in [1.29, 1.82) is 0 Å². The van der Waals surface area contributed by atoms with Gasteiger partial charge in [-0.2, -0.15) is 0 Å². The van der Waals surface area contributed by atoms with Crippen LogP contribution >= 0.6 is 0 Å². The lowest BCUT2D eigenvalue weighted by Gasteiger charge is -1.96. The summed E-state index contributed by atoms with van der Waals surface area (Å²) in [5, 5.41) is 0. The fourth-order valence-corrected chi connectivity index (χ4v) is 1.56. The van der Waals surface area contributed by atoms with Gasteiger partial charge in [0.2, 0.25) is 11.6 Å². The Kier molecular flexibility index (Phi) is 3.98. The molecule has 0 heterocycles. The first-order valence-corrected chi connectivity index (χ1v) is 5.74. The lowest BCUT2D eigenvalue weighted by atomic mass is 10.1. The van der Waals surface area contributed by atoms with Gasteiger partial charge >= 0.3 is 0 Å². The largest absolute Gasteiger partial charge is 0.286 e. The summed E-state index contributed by atoms with van der Waals surface area (Å²) in [5.74, 6) is -1.72. The zero-order chi connectivity index (χ0) is 13.7. The summed E-state index contributed by atoms with van der Waals surface area (Å²) in [7, 11) is 0. The molecule has 0 aliphatic heterocycles. The van der Waals surface area contributed by atoms with Crippen LogP contribution in [0, 0.1) is 5.82 Å². The first kappa shape index (κ1) is 12.9. The molecule has 94 valence electrons. The van der Waals surface area contributed by atoms with Crippen molar-refractivity contribution < 1.29 is 14.0 Å². The summed E-state index contributed by atoms with van der Waals surface area (Å²) in [4.78, 5) is 23.4. The third-order valence-corrected chi connectivity index (χ3v) is 2.56. The first-order valence-electron chi connectivity index (χ1n) is 5.74. The molecule has 0 atom stereocenters. The van der Waals surface area contributed by atoms with Crippen LogP contribution in [-0.2, 0) is 4.79 Å². The number of rotatable bonds is 4. The Morgan fingerprint density at radius 1 is 0.895 bits per heavy atom. The van der Waals surface area contributed by atoms with Gasteiger partial charge in [-0.05, 0) is 35.9 Å².